The van der Waals surface area contributed by atoms with Crippen LogP contribution in [0.4, 0.5) is 10.1 Å². The summed E-state index contributed by atoms with van der Waals surface area (Å²) in [6.07, 6.45) is 1.77. The number of fused-ring (bicyclic) bond motifs is 3. The van der Waals surface area contributed by atoms with Gasteiger partial charge >= 0.3 is 5.97 Å². The number of hydrogen-bond acceptors (Lipinski definition) is 7. The molecule has 3 unspecified atom stereocenters. The van der Waals surface area contributed by atoms with E-state index in [0.29, 0.717) is 24.2 Å². The maximum atomic E-state index is 14.1. The average Bonchev–Trinajstić information content (AvgIpc) is 3.50. The van der Waals surface area contributed by atoms with Crippen molar-refractivity contribution in [3.8, 4) is 5.75 Å². The number of likely N-dealkylation sites (tertiary alicyclic amines) is 1. The zero-order valence-electron chi connectivity index (χ0n) is 19.8. The molecule has 2 aliphatic heterocycles. The fourth-order valence-corrected chi connectivity index (χ4v) is 6.27. The number of hydrogen-bond donors (Lipinski definition) is 1. The van der Waals surface area contributed by atoms with Crippen molar-refractivity contribution in [2.75, 3.05) is 38.1 Å². The number of rotatable bonds is 8. The molecule has 5 rings (SSSR count). The predicted molar refractivity (Wildman–Crippen MR) is 127 cm³/mol. The monoisotopic (exact) mass is 504 g/mol. The first-order chi connectivity index (χ1) is 16.8. The third-order valence-corrected chi connectivity index (χ3v) is 8.51. The maximum absolute atomic E-state index is 14.1. The Labute approximate surface area is 204 Å². The second-order valence-corrected chi connectivity index (χ2v) is 10.9. The molecule has 2 heterocycles. The summed E-state index contributed by atoms with van der Waals surface area (Å²) in [7, 11) is -2.95. The van der Waals surface area contributed by atoms with Crippen LogP contribution < -0.4 is 9.46 Å². The van der Waals surface area contributed by atoms with Crippen LogP contribution in [0.1, 0.15) is 47.2 Å². The van der Waals surface area contributed by atoms with Gasteiger partial charge < -0.3 is 19.1 Å². The molecule has 0 amide bonds. The molecule has 0 spiro atoms. The first-order valence-corrected chi connectivity index (χ1v) is 13.3. The molecule has 0 radical (unpaired) electrons. The molecule has 0 aromatic heterocycles. The van der Waals surface area contributed by atoms with Crippen molar-refractivity contribution in [1.82, 2.24) is 4.90 Å². The van der Waals surface area contributed by atoms with Crippen LogP contribution in [-0.2, 0) is 26.1 Å². The van der Waals surface area contributed by atoms with Crippen LogP contribution in [0.15, 0.2) is 35.2 Å². The number of anilines is 1. The fourth-order valence-electron chi connectivity index (χ4n) is 4.99. The van der Waals surface area contributed by atoms with Crippen molar-refractivity contribution in [3.05, 3.63) is 52.8 Å². The molecule has 0 bridgehead atoms. The molecule has 8 nitrogen and oxygen atoms in total. The van der Waals surface area contributed by atoms with Gasteiger partial charge in [0.2, 0.25) is 0 Å². The van der Waals surface area contributed by atoms with E-state index in [2.05, 4.69) is 16.5 Å². The molecule has 2 aromatic carbocycles. The molecule has 188 valence electrons. The number of esters is 1. The second kappa shape index (κ2) is 9.40. The lowest BCUT2D eigenvalue weighted by Gasteiger charge is -2.22. The number of likely N-dealkylation sites (N-methyl/N-ethyl adjacent to an activating group) is 1. The lowest BCUT2D eigenvalue weighted by Crippen LogP contribution is -2.23. The van der Waals surface area contributed by atoms with Crippen LogP contribution >= 0.6 is 0 Å². The number of carbonyl (C=O) groups is 1. The van der Waals surface area contributed by atoms with Gasteiger partial charge in [-0.25, -0.2) is 17.6 Å². The highest BCUT2D eigenvalue weighted by Crippen LogP contribution is 2.55. The molecule has 2 aromatic rings. The number of nitrogens with one attached hydrogen (secondary N) is 1. The van der Waals surface area contributed by atoms with Gasteiger partial charge in [-0.1, -0.05) is 13.0 Å². The molecular formula is C25H29FN2O6S. The molecule has 2 fully saturated rings. The molecule has 35 heavy (non-hydrogen) atoms. The minimum atomic E-state index is -4.19. The number of benzene rings is 2. The van der Waals surface area contributed by atoms with Gasteiger partial charge in [-0.15, -0.1) is 0 Å². The summed E-state index contributed by atoms with van der Waals surface area (Å²) in [4.78, 5) is 14.8. The van der Waals surface area contributed by atoms with Crippen molar-refractivity contribution < 1.29 is 31.8 Å². The van der Waals surface area contributed by atoms with E-state index in [1.807, 2.05) is 0 Å². The Balaban J connectivity index is 1.43. The lowest BCUT2D eigenvalue weighted by molar-refractivity contribution is 0.0457. The average molecular weight is 505 g/mol. The Morgan fingerprint density at radius 3 is 2.86 bits per heavy atom. The number of carbonyl (C=O) groups excluding carboxylic acids is 1. The first kappa shape index (κ1) is 24.0. The summed E-state index contributed by atoms with van der Waals surface area (Å²) in [5.41, 5.74) is 1.20. The van der Waals surface area contributed by atoms with Gasteiger partial charge in [-0.05, 0) is 55.1 Å². The smallest absolute Gasteiger partial charge is 0.343 e. The maximum Gasteiger partial charge on any atom is 0.343 e. The number of halogens is 1. The van der Waals surface area contributed by atoms with Gasteiger partial charge in [-0.3, -0.25) is 4.72 Å². The predicted octanol–water partition coefficient (Wildman–Crippen LogP) is 3.52. The highest BCUT2D eigenvalue weighted by atomic mass is 32.2. The van der Waals surface area contributed by atoms with Crippen LogP contribution in [0.5, 0.6) is 5.75 Å². The summed E-state index contributed by atoms with van der Waals surface area (Å²) in [5, 5.41) is 0. The summed E-state index contributed by atoms with van der Waals surface area (Å²) in [6, 6.07) is 6.83. The second-order valence-electron chi connectivity index (χ2n) is 9.28. The van der Waals surface area contributed by atoms with E-state index < -0.39 is 21.8 Å². The van der Waals surface area contributed by atoms with Crippen LogP contribution in [0, 0.1) is 11.7 Å². The molecular weight excluding hydrogens is 475 g/mol. The van der Waals surface area contributed by atoms with Gasteiger partial charge in [0.05, 0.1) is 37.0 Å². The topological polar surface area (TPSA) is 94.2 Å². The van der Waals surface area contributed by atoms with Crippen LogP contribution in [0.25, 0.3) is 0 Å². The molecule has 10 heteroatoms. The Morgan fingerprint density at radius 2 is 2.11 bits per heavy atom. The summed E-state index contributed by atoms with van der Waals surface area (Å²) in [6.45, 7) is 5.09. The molecule has 3 atom stereocenters. The molecule has 1 aliphatic carbocycles. The van der Waals surface area contributed by atoms with E-state index in [4.69, 9.17) is 14.2 Å². The molecule has 1 saturated carbocycles. The van der Waals surface area contributed by atoms with Gasteiger partial charge in [0.25, 0.3) is 10.0 Å². The number of sulfonamides is 1. The van der Waals surface area contributed by atoms with E-state index in [1.165, 1.54) is 19.2 Å². The van der Waals surface area contributed by atoms with Crippen LogP contribution in [0.2, 0.25) is 0 Å². The van der Waals surface area contributed by atoms with E-state index in [0.717, 1.165) is 44.1 Å². The standard InChI is InChI=1S/C25H29FN2O6S/c1-3-28-9-8-18(12-28)33-14-16-10-17(26)4-7-22(16)35(30,31)27-21-6-5-19-20-11-15(20)13-34-24(19)23(21)25(29)32-2/h4-7,10,15,18,20,27H,3,8-9,11-14H2,1-2H3. The quantitative estimate of drug-likeness (QED) is 0.550. The van der Waals surface area contributed by atoms with Crippen molar-refractivity contribution in [2.24, 2.45) is 5.92 Å². The van der Waals surface area contributed by atoms with E-state index in [-0.39, 0.29) is 34.4 Å². The SMILES string of the molecule is CCN1CCC(OCc2cc(F)ccc2S(=O)(=O)Nc2ccc3c(c2C(=O)OC)OCC2CC32)C1. The normalized spacial score (nSPS) is 23.2. The van der Waals surface area contributed by atoms with Gasteiger partial charge in [0.15, 0.2) is 0 Å². The highest BCUT2D eigenvalue weighted by Gasteiger charge is 2.45. The Kier molecular flexibility index (Phi) is 6.45. The van der Waals surface area contributed by atoms with E-state index in [1.54, 1.807) is 12.1 Å². The number of ether oxygens (including phenoxy) is 3. The zero-order chi connectivity index (χ0) is 24.7. The highest BCUT2D eigenvalue weighted by molar-refractivity contribution is 7.92. The third-order valence-electron chi connectivity index (χ3n) is 7.05. The summed E-state index contributed by atoms with van der Waals surface area (Å²) >= 11 is 0. The first-order valence-electron chi connectivity index (χ1n) is 11.8. The fraction of sp³-hybridized carbons (Fsp3) is 0.480. The third kappa shape index (κ3) is 4.74. The molecule has 3 aliphatic rings. The molecule has 1 saturated heterocycles. The number of methoxy groups -OCH3 is 1. The van der Waals surface area contributed by atoms with Gasteiger partial charge in [0.1, 0.15) is 17.1 Å². The van der Waals surface area contributed by atoms with Gasteiger partial charge in [0, 0.05) is 24.6 Å². The van der Waals surface area contributed by atoms with Crippen molar-refractivity contribution >= 4 is 21.7 Å². The lowest BCUT2D eigenvalue weighted by atomic mass is 10.0. The minimum absolute atomic E-state index is 0.0447. The van der Waals surface area contributed by atoms with Gasteiger partial charge in [-0.2, -0.15) is 0 Å². The zero-order valence-corrected chi connectivity index (χ0v) is 20.6. The number of nitrogens with zero attached hydrogens (tertiary/aromatic N) is 1. The Hall–Kier alpha value is -2.69. The van der Waals surface area contributed by atoms with E-state index in [9.17, 15) is 17.6 Å². The van der Waals surface area contributed by atoms with Crippen molar-refractivity contribution in [1.29, 1.82) is 0 Å². The van der Waals surface area contributed by atoms with Crippen LogP contribution in [-0.4, -0.2) is 58.7 Å². The van der Waals surface area contributed by atoms with Crippen LogP contribution in [0.3, 0.4) is 0 Å². The van der Waals surface area contributed by atoms with Crippen molar-refractivity contribution in [3.63, 3.8) is 0 Å². The summed E-state index contributed by atoms with van der Waals surface area (Å²) in [5.74, 6) is -0.141. The Bertz CT molecular complexity index is 1250. The van der Waals surface area contributed by atoms with Crippen molar-refractivity contribution in [2.45, 2.75) is 43.3 Å². The Morgan fingerprint density at radius 1 is 1.29 bits per heavy atom. The minimum Gasteiger partial charge on any atom is -0.492 e. The largest absolute Gasteiger partial charge is 0.492 e. The summed E-state index contributed by atoms with van der Waals surface area (Å²) < 4.78 is 60.2. The van der Waals surface area contributed by atoms with E-state index >= 15 is 0 Å². The molecule has 1 N–H and O–H groups in total.